The standard InChI is InChI=1S/C14H14FN3O/c1-18(11-4-2-3-9(15)7-11)14(19)12-6-5-10(16)8-13(12)17/h2-8H,16-17H2,1H3. The number of hydrogen-bond acceptors (Lipinski definition) is 3. The van der Waals surface area contributed by atoms with Gasteiger partial charge in [-0.15, -0.1) is 0 Å². The summed E-state index contributed by atoms with van der Waals surface area (Å²) in [7, 11) is 1.56. The lowest BCUT2D eigenvalue weighted by atomic mass is 10.1. The highest BCUT2D eigenvalue weighted by atomic mass is 19.1. The molecule has 0 saturated carbocycles. The number of nitrogen functional groups attached to an aromatic ring is 2. The lowest BCUT2D eigenvalue weighted by molar-refractivity contribution is 0.0994. The third kappa shape index (κ3) is 2.65. The fourth-order valence-corrected chi connectivity index (χ4v) is 1.76. The number of rotatable bonds is 2. The Morgan fingerprint density at radius 1 is 1.16 bits per heavy atom. The molecule has 0 bridgehead atoms. The Hall–Kier alpha value is -2.56. The van der Waals surface area contributed by atoms with Crippen molar-refractivity contribution in [3.8, 4) is 0 Å². The molecule has 0 aliphatic carbocycles. The molecule has 0 aromatic heterocycles. The van der Waals surface area contributed by atoms with Gasteiger partial charge in [-0.3, -0.25) is 4.79 Å². The molecule has 0 fully saturated rings. The average Bonchev–Trinajstić information content (AvgIpc) is 2.37. The highest BCUT2D eigenvalue weighted by Crippen LogP contribution is 2.21. The van der Waals surface area contributed by atoms with Gasteiger partial charge in [0.2, 0.25) is 0 Å². The second-order valence-electron chi connectivity index (χ2n) is 4.19. The van der Waals surface area contributed by atoms with Crippen molar-refractivity contribution >= 4 is 23.0 Å². The maximum absolute atomic E-state index is 13.1. The summed E-state index contributed by atoms with van der Waals surface area (Å²) in [5, 5.41) is 0. The van der Waals surface area contributed by atoms with Crippen LogP contribution in [-0.4, -0.2) is 13.0 Å². The van der Waals surface area contributed by atoms with Gasteiger partial charge in [-0.25, -0.2) is 4.39 Å². The fraction of sp³-hybridized carbons (Fsp3) is 0.0714. The van der Waals surface area contributed by atoms with Crippen molar-refractivity contribution in [1.29, 1.82) is 0 Å². The third-order valence-corrected chi connectivity index (χ3v) is 2.81. The summed E-state index contributed by atoms with van der Waals surface area (Å²) in [6.45, 7) is 0. The molecule has 19 heavy (non-hydrogen) atoms. The molecule has 98 valence electrons. The highest BCUT2D eigenvalue weighted by molar-refractivity contribution is 6.09. The van der Waals surface area contributed by atoms with E-state index in [1.165, 1.54) is 23.1 Å². The number of anilines is 3. The predicted octanol–water partition coefficient (Wildman–Crippen LogP) is 2.27. The first kappa shape index (κ1) is 12.9. The molecule has 0 heterocycles. The molecule has 0 radical (unpaired) electrons. The topological polar surface area (TPSA) is 72.3 Å². The van der Waals surface area contributed by atoms with Gasteiger partial charge in [0.25, 0.3) is 5.91 Å². The number of nitrogens with zero attached hydrogens (tertiary/aromatic N) is 1. The minimum absolute atomic E-state index is 0.299. The number of nitrogens with two attached hydrogens (primary N) is 2. The Kier molecular flexibility index (Phi) is 3.37. The van der Waals surface area contributed by atoms with E-state index in [4.69, 9.17) is 11.5 Å². The van der Waals surface area contributed by atoms with Crippen LogP contribution in [-0.2, 0) is 0 Å². The van der Waals surface area contributed by atoms with E-state index < -0.39 is 5.82 Å². The maximum atomic E-state index is 13.1. The quantitative estimate of drug-likeness (QED) is 0.812. The zero-order valence-corrected chi connectivity index (χ0v) is 10.4. The van der Waals surface area contributed by atoms with E-state index in [2.05, 4.69) is 0 Å². The maximum Gasteiger partial charge on any atom is 0.260 e. The fourth-order valence-electron chi connectivity index (χ4n) is 1.76. The van der Waals surface area contributed by atoms with Crippen LogP contribution in [0.25, 0.3) is 0 Å². The third-order valence-electron chi connectivity index (χ3n) is 2.81. The van der Waals surface area contributed by atoms with Crippen molar-refractivity contribution in [3.63, 3.8) is 0 Å². The summed E-state index contributed by atoms with van der Waals surface area (Å²) in [6.07, 6.45) is 0. The number of amides is 1. The molecule has 4 N–H and O–H groups in total. The summed E-state index contributed by atoms with van der Waals surface area (Å²) < 4.78 is 13.1. The van der Waals surface area contributed by atoms with Crippen LogP contribution in [0.3, 0.4) is 0 Å². The van der Waals surface area contributed by atoms with Crippen molar-refractivity contribution in [2.24, 2.45) is 0 Å². The Morgan fingerprint density at radius 2 is 1.89 bits per heavy atom. The molecule has 0 aliphatic heterocycles. The summed E-state index contributed by atoms with van der Waals surface area (Å²) >= 11 is 0. The zero-order valence-electron chi connectivity index (χ0n) is 10.4. The van der Waals surface area contributed by atoms with E-state index in [0.717, 1.165) is 0 Å². The lowest BCUT2D eigenvalue weighted by Crippen LogP contribution is -2.27. The van der Waals surface area contributed by atoms with Crippen LogP contribution in [0.15, 0.2) is 42.5 Å². The molecule has 5 heteroatoms. The Morgan fingerprint density at radius 3 is 2.53 bits per heavy atom. The number of halogens is 1. The molecule has 0 aliphatic rings. The minimum atomic E-state index is -0.401. The first-order valence-electron chi connectivity index (χ1n) is 5.67. The van der Waals surface area contributed by atoms with E-state index in [1.807, 2.05) is 0 Å². The number of hydrogen-bond donors (Lipinski definition) is 2. The average molecular weight is 259 g/mol. The van der Waals surface area contributed by atoms with E-state index in [0.29, 0.717) is 22.6 Å². The van der Waals surface area contributed by atoms with Crippen molar-refractivity contribution in [1.82, 2.24) is 0 Å². The molecule has 0 saturated heterocycles. The number of benzene rings is 2. The van der Waals surface area contributed by atoms with Gasteiger partial charge in [0.05, 0.1) is 5.56 Å². The molecule has 0 atom stereocenters. The van der Waals surface area contributed by atoms with Gasteiger partial charge in [-0.2, -0.15) is 0 Å². The normalized spacial score (nSPS) is 10.2. The van der Waals surface area contributed by atoms with E-state index in [-0.39, 0.29) is 5.91 Å². The Labute approximate surface area is 110 Å². The van der Waals surface area contributed by atoms with Crippen molar-refractivity contribution in [3.05, 3.63) is 53.8 Å². The minimum Gasteiger partial charge on any atom is -0.399 e. The van der Waals surface area contributed by atoms with Gasteiger partial charge >= 0.3 is 0 Å². The summed E-state index contributed by atoms with van der Waals surface area (Å²) in [4.78, 5) is 13.6. The lowest BCUT2D eigenvalue weighted by Gasteiger charge is -2.18. The van der Waals surface area contributed by atoms with Crippen LogP contribution < -0.4 is 16.4 Å². The first-order chi connectivity index (χ1) is 8.99. The molecule has 1 amide bonds. The van der Waals surface area contributed by atoms with Gasteiger partial charge in [-0.05, 0) is 36.4 Å². The van der Waals surface area contributed by atoms with Crippen molar-refractivity contribution in [2.45, 2.75) is 0 Å². The summed E-state index contributed by atoms with van der Waals surface area (Å²) in [5.74, 6) is -0.717. The molecule has 2 rings (SSSR count). The molecular weight excluding hydrogens is 245 g/mol. The largest absolute Gasteiger partial charge is 0.399 e. The second kappa shape index (κ2) is 4.97. The van der Waals surface area contributed by atoms with Crippen molar-refractivity contribution in [2.75, 3.05) is 23.4 Å². The SMILES string of the molecule is CN(C(=O)c1ccc(N)cc1N)c1cccc(F)c1. The number of carbonyl (C=O) groups excluding carboxylic acids is 1. The smallest absolute Gasteiger partial charge is 0.260 e. The van der Waals surface area contributed by atoms with Gasteiger partial charge in [-0.1, -0.05) is 6.07 Å². The van der Waals surface area contributed by atoms with Crippen LogP contribution in [0.2, 0.25) is 0 Å². The Bertz CT molecular complexity index is 628. The first-order valence-corrected chi connectivity index (χ1v) is 5.67. The molecule has 2 aromatic rings. The predicted molar refractivity (Wildman–Crippen MR) is 74.4 cm³/mol. The van der Waals surface area contributed by atoms with Crippen LogP contribution in [0.5, 0.6) is 0 Å². The van der Waals surface area contributed by atoms with Gasteiger partial charge < -0.3 is 16.4 Å². The van der Waals surface area contributed by atoms with Gasteiger partial charge in [0.1, 0.15) is 5.82 Å². The van der Waals surface area contributed by atoms with E-state index in [9.17, 15) is 9.18 Å². The molecular formula is C14H14FN3O. The Balaban J connectivity index is 2.33. The zero-order chi connectivity index (χ0) is 14.0. The van der Waals surface area contributed by atoms with Crippen LogP contribution in [0.1, 0.15) is 10.4 Å². The van der Waals surface area contributed by atoms with Gasteiger partial charge in [0, 0.05) is 24.1 Å². The van der Waals surface area contributed by atoms with Crippen LogP contribution in [0, 0.1) is 5.82 Å². The van der Waals surface area contributed by atoms with E-state index >= 15 is 0 Å². The van der Waals surface area contributed by atoms with Crippen LogP contribution >= 0.6 is 0 Å². The summed E-state index contributed by atoms with van der Waals surface area (Å²) in [6, 6.07) is 10.5. The molecule has 4 nitrogen and oxygen atoms in total. The summed E-state index contributed by atoms with van der Waals surface area (Å²) in [5.41, 5.74) is 12.9. The van der Waals surface area contributed by atoms with E-state index in [1.54, 1.807) is 31.3 Å². The van der Waals surface area contributed by atoms with Crippen molar-refractivity contribution < 1.29 is 9.18 Å². The highest BCUT2D eigenvalue weighted by Gasteiger charge is 2.16. The molecule has 0 unspecified atom stereocenters. The second-order valence-corrected chi connectivity index (χ2v) is 4.19. The number of carbonyl (C=O) groups is 1. The molecule has 0 spiro atoms. The molecule has 2 aromatic carbocycles. The van der Waals surface area contributed by atoms with Gasteiger partial charge in [0.15, 0.2) is 0 Å². The monoisotopic (exact) mass is 259 g/mol. The van der Waals surface area contributed by atoms with Crippen LogP contribution in [0.4, 0.5) is 21.5 Å².